The number of halogens is 1. The molecule has 82 valence electrons. The van der Waals surface area contributed by atoms with Crippen LogP contribution in [0.4, 0.5) is 0 Å². The lowest BCUT2D eigenvalue weighted by molar-refractivity contribution is 0.103. The molecule has 0 radical (unpaired) electrons. The van der Waals surface area contributed by atoms with Gasteiger partial charge in [0.25, 0.3) is 0 Å². The van der Waals surface area contributed by atoms with Crippen LogP contribution in [0.15, 0.2) is 24.5 Å². The quantitative estimate of drug-likeness (QED) is 0.748. The maximum absolute atomic E-state index is 12.1. The zero-order valence-corrected chi connectivity index (χ0v) is 9.69. The van der Waals surface area contributed by atoms with E-state index in [2.05, 4.69) is 10.1 Å². The number of ketones is 1. The van der Waals surface area contributed by atoms with E-state index >= 15 is 0 Å². The molecule has 0 unspecified atom stereocenters. The topological polar surface area (TPSA) is 47.8 Å². The smallest absolute Gasteiger partial charge is 0.214 e. The van der Waals surface area contributed by atoms with Crippen LogP contribution in [-0.2, 0) is 7.05 Å². The molecule has 0 aliphatic carbocycles. The first kappa shape index (κ1) is 10.8. The van der Waals surface area contributed by atoms with Gasteiger partial charge in [-0.25, -0.2) is 0 Å². The number of aromatic nitrogens is 3. The van der Waals surface area contributed by atoms with Crippen LogP contribution < -0.4 is 0 Å². The molecule has 0 aliphatic rings. The van der Waals surface area contributed by atoms with Gasteiger partial charge in [-0.1, -0.05) is 11.6 Å². The van der Waals surface area contributed by atoms with Crippen molar-refractivity contribution in [2.75, 3.05) is 0 Å². The number of carbonyl (C=O) groups excluding carboxylic acids is 1. The summed E-state index contributed by atoms with van der Waals surface area (Å²) in [6.07, 6.45) is 3.00. The Morgan fingerprint density at radius 3 is 2.62 bits per heavy atom. The van der Waals surface area contributed by atoms with Gasteiger partial charge < -0.3 is 0 Å². The zero-order valence-electron chi connectivity index (χ0n) is 8.94. The summed E-state index contributed by atoms with van der Waals surface area (Å²) >= 11 is 5.90. The van der Waals surface area contributed by atoms with E-state index in [1.807, 2.05) is 6.92 Å². The summed E-state index contributed by atoms with van der Waals surface area (Å²) in [7, 11) is 1.68. The zero-order chi connectivity index (χ0) is 11.7. The maximum atomic E-state index is 12.1. The molecule has 0 atom stereocenters. The minimum absolute atomic E-state index is 0.169. The molecule has 0 N–H and O–H groups in total. The van der Waals surface area contributed by atoms with Crippen molar-refractivity contribution in [2.45, 2.75) is 6.92 Å². The Hall–Kier alpha value is -1.68. The van der Waals surface area contributed by atoms with Crippen molar-refractivity contribution in [1.82, 2.24) is 14.8 Å². The number of nitrogens with zero attached hydrogens (tertiary/aromatic N) is 3. The van der Waals surface area contributed by atoms with Crippen molar-refractivity contribution in [3.05, 3.63) is 46.5 Å². The SMILES string of the molecule is Cc1ccc(C(=O)c2c(Cl)cnn2C)cn1. The fourth-order valence-electron chi connectivity index (χ4n) is 1.40. The van der Waals surface area contributed by atoms with E-state index in [1.165, 1.54) is 10.9 Å². The van der Waals surface area contributed by atoms with Crippen LogP contribution in [-0.4, -0.2) is 20.5 Å². The second kappa shape index (κ2) is 4.06. The van der Waals surface area contributed by atoms with Gasteiger partial charge in [0.2, 0.25) is 5.78 Å². The van der Waals surface area contributed by atoms with Gasteiger partial charge in [-0.2, -0.15) is 5.10 Å². The van der Waals surface area contributed by atoms with Crippen LogP contribution in [0.5, 0.6) is 0 Å². The molecule has 0 aliphatic heterocycles. The number of aryl methyl sites for hydroxylation is 2. The van der Waals surface area contributed by atoms with E-state index < -0.39 is 0 Å². The molecule has 0 spiro atoms. The van der Waals surface area contributed by atoms with Gasteiger partial charge in [0.05, 0.1) is 11.2 Å². The van der Waals surface area contributed by atoms with E-state index in [9.17, 15) is 4.79 Å². The molecule has 0 amide bonds. The Kier molecular flexibility index (Phi) is 2.75. The van der Waals surface area contributed by atoms with Crippen LogP contribution in [0.1, 0.15) is 21.7 Å². The summed E-state index contributed by atoms with van der Waals surface area (Å²) in [6.45, 7) is 1.87. The number of pyridine rings is 1. The molecule has 0 fully saturated rings. The van der Waals surface area contributed by atoms with E-state index in [0.29, 0.717) is 16.3 Å². The number of carbonyl (C=O) groups is 1. The molecule has 0 aromatic carbocycles. The largest absolute Gasteiger partial charge is 0.287 e. The average molecular weight is 236 g/mol. The van der Waals surface area contributed by atoms with Crippen molar-refractivity contribution in [1.29, 1.82) is 0 Å². The molecule has 5 heteroatoms. The molecule has 0 saturated carbocycles. The summed E-state index contributed by atoms with van der Waals surface area (Å²) in [5, 5.41) is 4.28. The lowest BCUT2D eigenvalue weighted by Gasteiger charge is -2.02. The molecule has 0 bridgehead atoms. The summed E-state index contributed by atoms with van der Waals surface area (Å²) in [4.78, 5) is 16.2. The summed E-state index contributed by atoms with van der Waals surface area (Å²) in [5.41, 5.74) is 1.76. The monoisotopic (exact) mass is 235 g/mol. The second-order valence-electron chi connectivity index (χ2n) is 3.48. The van der Waals surface area contributed by atoms with Crippen LogP contribution in [0.25, 0.3) is 0 Å². The Morgan fingerprint density at radius 1 is 1.38 bits per heavy atom. The highest BCUT2D eigenvalue weighted by atomic mass is 35.5. The van der Waals surface area contributed by atoms with Gasteiger partial charge in [0, 0.05) is 24.5 Å². The highest BCUT2D eigenvalue weighted by Crippen LogP contribution is 2.17. The third kappa shape index (κ3) is 1.84. The first-order valence-electron chi connectivity index (χ1n) is 4.74. The third-order valence-corrected chi connectivity index (χ3v) is 2.56. The van der Waals surface area contributed by atoms with Gasteiger partial charge in [-0.3, -0.25) is 14.5 Å². The average Bonchev–Trinajstić information content (AvgIpc) is 2.59. The lowest BCUT2D eigenvalue weighted by atomic mass is 10.1. The van der Waals surface area contributed by atoms with Crippen LogP contribution in [0, 0.1) is 6.92 Å². The van der Waals surface area contributed by atoms with Gasteiger partial charge in [0.15, 0.2) is 0 Å². The van der Waals surface area contributed by atoms with E-state index in [0.717, 1.165) is 5.69 Å². The van der Waals surface area contributed by atoms with E-state index in [1.54, 1.807) is 25.4 Å². The molecule has 2 aromatic heterocycles. The Morgan fingerprint density at radius 2 is 2.12 bits per heavy atom. The van der Waals surface area contributed by atoms with Crippen LogP contribution >= 0.6 is 11.6 Å². The minimum Gasteiger partial charge on any atom is -0.287 e. The molecule has 4 nitrogen and oxygen atoms in total. The molecule has 2 aromatic rings. The van der Waals surface area contributed by atoms with Gasteiger partial charge in [0.1, 0.15) is 5.69 Å². The molecule has 16 heavy (non-hydrogen) atoms. The number of rotatable bonds is 2. The van der Waals surface area contributed by atoms with Crippen molar-refractivity contribution in [3.8, 4) is 0 Å². The molecule has 0 saturated heterocycles. The predicted octanol–water partition coefficient (Wildman–Crippen LogP) is 2.01. The molecular weight excluding hydrogens is 226 g/mol. The highest BCUT2D eigenvalue weighted by Gasteiger charge is 2.17. The van der Waals surface area contributed by atoms with E-state index in [-0.39, 0.29) is 5.78 Å². The molecule has 2 rings (SSSR count). The van der Waals surface area contributed by atoms with Crippen molar-refractivity contribution < 1.29 is 4.79 Å². The Labute approximate surface area is 97.9 Å². The summed E-state index contributed by atoms with van der Waals surface area (Å²) in [5.74, 6) is -0.169. The molecular formula is C11H10ClN3O. The van der Waals surface area contributed by atoms with Gasteiger partial charge >= 0.3 is 0 Å². The lowest BCUT2D eigenvalue weighted by Crippen LogP contribution is -2.09. The predicted molar refractivity (Wildman–Crippen MR) is 60.6 cm³/mol. The Balaban J connectivity index is 2.43. The highest BCUT2D eigenvalue weighted by molar-refractivity contribution is 6.34. The molecule has 2 heterocycles. The Bertz CT molecular complexity index is 511. The van der Waals surface area contributed by atoms with Crippen LogP contribution in [0.3, 0.4) is 0 Å². The van der Waals surface area contributed by atoms with Crippen LogP contribution in [0.2, 0.25) is 5.02 Å². The third-order valence-electron chi connectivity index (χ3n) is 2.28. The first-order chi connectivity index (χ1) is 7.59. The fraction of sp³-hybridized carbons (Fsp3) is 0.182. The first-order valence-corrected chi connectivity index (χ1v) is 5.12. The summed E-state index contributed by atoms with van der Waals surface area (Å²) in [6, 6.07) is 3.52. The number of hydrogen-bond donors (Lipinski definition) is 0. The minimum atomic E-state index is -0.169. The number of hydrogen-bond acceptors (Lipinski definition) is 3. The maximum Gasteiger partial charge on any atom is 0.214 e. The van der Waals surface area contributed by atoms with Crippen molar-refractivity contribution in [2.24, 2.45) is 7.05 Å². The summed E-state index contributed by atoms with van der Waals surface area (Å²) < 4.78 is 1.46. The fourth-order valence-corrected chi connectivity index (χ4v) is 1.66. The van der Waals surface area contributed by atoms with Crippen molar-refractivity contribution in [3.63, 3.8) is 0 Å². The normalized spacial score (nSPS) is 10.4. The standard InChI is InChI=1S/C11H10ClN3O/c1-7-3-4-8(5-13-7)11(16)10-9(12)6-14-15(10)2/h3-6H,1-2H3. The van der Waals surface area contributed by atoms with E-state index in [4.69, 9.17) is 11.6 Å². The second-order valence-corrected chi connectivity index (χ2v) is 3.89. The van der Waals surface area contributed by atoms with Gasteiger partial charge in [-0.05, 0) is 19.1 Å². The van der Waals surface area contributed by atoms with Crippen molar-refractivity contribution >= 4 is 17.4 Å². The van der Waals surface area contributed by atoms with Gasteiger partial charge in [-0.15, -0.1) is 0 Å².